The van der Waals surface area contributed by atoms with E-state index in [1.807, 2.05) is 0 Å². The number of aliphatic hydroxyl groups is 1. The van der Waals surface area contributed by atoms with Crippen molar-refractivity contribution in [2.75, 3.05) is 32.9 Å². The predicted octanol–water partition coefficient (Wildman–Crippen LogP) is 0.915. The molecular weight excluding hydrogens is 192 g/mol. The molecule has 0 unspecified atom stereocenters. The molecule has 0 rings (SSSR count). The highest BCUT2D eigenvalue weighted by molar-refractivity contribution is 4.78. The standard InChI is InChI=1S/C11H22N2O2/c1-11(2,4-3-5-12)10-13-6-8-15-9-7-14/h13-14H,3-4,6-10H2,1-2H3. The van der Waals surface area contributed by atoms with Crippen molar-refractivity contribution < 1.29 is 9.84 Å². The SMILES string of the molecule is CC(C)(CCC#N)CNCCOCCO. The molecule has 0 aromatic carbocycles. The Balaban J connectivity index is 3.36. The molecule has 88 valence electrons. The number of rotatable bonds is 9. The van der Waals surface area contributed by atoms with E-state index >= 15 is 0 Å². The Morgan fingerprint density at radius 1 is 1.40 bits per heavy atom. The van der Waals surface area contributed by atoms with Gasteiger partial charge in [0.25, 0.3) is 0 Å². The van der Waals surface area contributed by atoms with Crippen molar-refractivity contribution in [1.82, 2.24) is 5.32 Å². The fourth-order valence-corrected chi connectivity index (χ4v) is 1.22. The zero-order valence-electron chi connectivity index (χ0n) is 9.75. The van der Waals surface area contributed by atoms with Crippen molar-refractivity contribution in [1.29, 1.82) is 5.26 Å². The molecule has 4 nitrogen and oxygen atoms in total. The highest BCUT2D eigenvalue weighted by Gasteiger charge is 2.16. The molecule has 0 aliphatic heterocycles. The third kappa shape index (κ3) is 9.67. The first-order chi connectivity index (χ1) is 7.12. The van der Waals surface area contributed by atoms with Gasteiger partial charge in [-0.25, -0.2) is 0 Å². The summed E-state index contributed by atoms with van der Waals surface area (Å²) in [5, 5.41) is 20.2. The molecule has 0 spiro atoms. The molecule has 0 heterocycles. The minimum Gasteiger partial charge on any atom is -0.394 e. The number of ether oxygens (including phenoxy) is 1. The summed E-state index contributed by atoms with van der Waals surface area (Å²) in [5.41, 5.74) is 0.159. The lowest BCUT2D eigenvalue weighted by Gasteiger charge is -2.23. The highest BCUT2D eigenvalue weighted by Crippen LogP contribution is 2.20. The second kappa shape index (κ2) is 8.66. The predicted molar refractivity (Wildman–Crippen MR) is 59.4 cm³/mol. The number of nitriles is 1. The van der Waals surface area contributed by atoms with Gasteiger partial charge in [0.05, 0.1) is 25.9 Å². The van der Waals surface area contributed by atoms with Gasteiger partial charge in [0, 0.05) is 19.5 Å². The van der Waals surface area contributed by atoms with Crippen LogP contribution in [-0.4, -0.2) is 38.0 Å². The van der Waals surface area contributed by atoms with Crippen LogP contribution in [0.4, 0.5) is 0 Å². The minimum absolute atomic E-state index is 0.0770. The van der Waals surface area contributed by atoms with Crippen molar-refractivity contribution >= 4 is 0 Å². The quantitative estimate of drug-likeness (QED) is 0.560. The molecule has 0 bridgehead atoms. The van der Waals surface area contributed by atoms with Crippen molar-refractivity contribution in [3.05, 3.63) is 0 Å². The van der Waals surface area contributed by atoms with Gasteiger partial charge in [-0.3, -0.25) is 0 Å². The van der Waals surface area contributed by atoms with E-state index in [4.69, 9.17) is 15.1 Å². The van der Waals surface area contributed by atoms with E-state index in [1.54, 1.807) is 0 Å². The lowest BCUT2D eigenvalue weighted by atomic mass is 9.88. The third-order valence-electron chi connectivity index (χ3n) is 2.18. The number of aliphatic hydroxyl groups excluding tert-OH is 1. The Kier molecular flexibility index (Phi) is 8.30. The maximum atomic E-state index is 8.48. The molecule has 0 saturated heterocycles. The summed E-state index contributed by atoms with van der Waals surface area (Å²) in [4.78, 5) is 0. The van der Waals surface area contributed by atoms with Crippen LogP contribution in [-0.2, 0) is 4.74 Å². The van der Waals surface area contributed by atoms with Crippen LogP contribution in [0.1, 0.15) is 26.7 Å². The van der Waals surface area contributed by atoms with Crippen LogP contribution in [0.3, 0.4) is 0 Å². The zero-order chi connectivity index (χ0) is 11.6. The summed E-state index contributed by atoms with van der Waals surface area (Å²) in [5.74, 6) is 0. The molecule has 0 saturated carbocycles. The highest BCUT2D eigenvalue weighted by atomic mass is 16.5. The second-order valence-corrected chi connectivity index (χ2v) is 4.34. The normalized spacial score (nSPS) is 11.3. The van der Waals surface area contributed by atoms with Gasteiger partial charge in [-0.2, -0.15) is 5.26 Å². The van der Waals surface area contributed by atoms with E-state index in [1.165, 1.54) is 0 Å². The second-order valence-electron chi connectivity index (χ2n) is 4.34. The molecule has 4 heteroatoms. The molecule has 0 amide bonds. The molecule has 0 fully saturated rings. The largest absolute Gasteiger partial charge is 0.394 e. The minimum atomic E-state index is 0.0770. The summed E-state index contributed by atoms with van der Waals surface area (Å²) in [6, 6.07) is 2.16. The van der Waals surface area contributed by atoms with Crippen LogP contribution in [0.5, 0.6) is 0 Å². The Labute approximate surface area is 92.2 Å². The van der Waals surface area contributed by atoms with Gasteiger partial charge in [0.15, 0.2) is 0 Å². The molecule has 15 heavy (non-hydrogen) atoms. The average Bonchev–Trinajstić information content (AvgIpc) is 2.20. The Morgan fingerprint density at radius 3 is 2.73 bits per heavy atom. The van der Waals surface area contributed by atoms with E-state index in [2.05, 4.69) is 25.2 Å². The topological polar surface area (TPSA) is 65.3 Å². The average molecular weight is 214 g/mol. The Bertz CT molecular complexity index is 188. The van der Waals surface area contributed by atoms with Crippen molar-refractivity contribution in [3.8, 4) is 6.07 Å². The monoisotopic (exact) mass is 214 g/mol. The van der Waals surface area contributed by atoms with Crippen LogP contribution in [0.2, 0.25) is 0 Å². The van der Waals surface area contributed by atoms with Crippen molar-refractivity contribution in [2.45, 2.75) is 26.7 Å². The molecule has 0 atom stereocenters. The Hall–Kier alpha value is -0.630. The van der Waals surface area contributed by atoms with Crippen LogP contribution < -0.4 is 5.32 Å². The molecule has 2 N–H and O–H groups in total. The van der Waals surface area contributed by atoms with E-state index in [0.29, 0.717) is 19.6 Å². The lowest BCUT2D eigenvalue weighted by Crippen LogP contribution is -2.31. The molecule has 0 radical (unpaired) electrons. The first-order valence-electron chi connectivity index (χ1n) is 5.38. The van der Waals surface area contributed by atoms with E-state index in [0.717, 1.165) is 19.5 Å². The van der Waals surface area contributed by atoms with Gasteiger partial charge < -0.3 is 15.2 Å². The van der Waals surface area contributed by atoms with Gasteiger partial charge >= 0.3 is 0 Å². The van der Waals surface area contributed by atoms with E-state index in [-0.39, 0.29) is 12.0 Å². The fraction of sp³-hybridized carbons (Fsp3) is 0.909. The summed E-state index contributed by atoms with van der Waals surface area (Å²) in [7, 11) is 0. The zero-order valence-corrected chi connectivity index (χ0v) is 9.75. The first kappa shape index (κ1) is 14.4. The van der Waals surface area contributed by atoms with Crippen LogP contribution in [0, 0.1) is 16.7 Å². The number of nitrogens with one attached hydrogen (secondary N) is 1. The van der Waals surface area contributed by atoms with E-state index in [9.17, 15) is 0 Å². The number of hydrogen-bond donors (Lipinski definition) is 2. The molecule has 0 aliphatic carbocycles. The van der Waals surface area contributed by atoms with Gasteiger partial charge in [0.2, 0.25) is 0 Å². The van der Waals surface area contributed by atoms with Gasteiger partial charge in [0.1, 0.15) is 0 Å². The fourth-order valence-electron chi connectivity index (χ4n) is 1.22. The summed E-state index contributed by atoms with van der Waals surface area (Å²) in [6.45, 7) is 7.06. The Morgan fingerprint density at radius 2 is 2.13 bits per heavy atom. The number of nitrogens with zero attached hydrogens (tertiary/aromatic N) is 1. The molecule has 0 aromatic rings. The third-order valence-corrected chi connectivity index (χ3v) is 2.18. The lowest BCUT2D eigenvalue weighted by molar-refractivity contribution is 0.0925. The van der Waals surface area contributed by atoms with Gasteiger partial charge in [-0.05, 0) is 11.8 Å². The van der Waals surface area contributed by atoms with Gasteiger partial charge in [-0.15, -0.1) is 0 Å². The van der Waals surface area contributed by atoms with Crippen molar-refractivity contribution in [3.63, 3.8) is 0 Å². The summed E-state index contributed by atoms with van der Waals surface area (Å²) >= 11 is 0. The van der Waals surface area contributed by atoms with E-state index < -0.39 is 0 Å². The molecule has 0 aliphatic rings. The molecular formula is C11H22N2O2. The maximum Gasteiger partial charge on any atom is 0.0698 e. The smallest absolute Gasteiger partial charge is 0.0698 e. The van der Waals surface area contributed by atoms with Crippen molar-refractivity contribution in [2.24, 2.45) is 5.41 Å². The van der Waals surface area contributed by atoms with Crippen LogP contribution in [0.25, 0.3) is 0 Å². The van der Waals surface area contributed by atoms with Gasteiger partial charge in [-0.1, -0.05) is 13.8 Å². The van der Waals surface area contributed by atoms with Crippen LogP contribution in [0.15, 0.2) is 0 Å². The first-order valence-corrected chi connectivity index (χ1v) is 5.38. The van der Waals surface area contributed by atoms with Crippen LogP contribution >= 0.6 is 0 Å². The summed E-state index contributed by atoms with van der Waals surface area (Å²) < 4.78 is 5.11. The summed E-state index contributed by atoms with van der Waals surface area (Å²) in [6.07, 6.45) is 1.52. The number of hydrogen-bond acceptors (Lipinski definition) is 4. The molecule has 0 aromatic heterocycles. The maximum absolute atomic E-state index is 8.48.